The zero-order chi connectivity index (χ0) is 27.1. The van der Waals surface area contributed by atoms with Gasteiger partial charge in [-0.25, -0.2) is 13.9 Å². The SMILES string of the molecule is COCCOC1CCC(C(=O)NO)(S(=O)(=O)c2ccc(-c3ccc(CCCC(F)(F)F)cn3)cc2)CC1.Cl. The van der Waals surface area contributed by atoms with Gasteiger partial charge in [0.2, 0.25) is 0 Å². The monoisotopic (exact) mass is 580 g/mol. The lowest BCUT2D eigenvalue weighted by Crippen LogP contribution is -2.54. The van der Waals surface area contributed by atoms with Gasteiger partial charge in [0, 0.05) is 25.3 Å². The molecule has 8 nitrogen and oxygen atoms in total. The number of rotatable bonds is 11. The molecule has 1 heterocycles. The molecule has 2 N–H and O–H groups in total. The maximum absolute atomic E-state index is 13.6. The molecule has 0 unspecified atom stereocenters. The molecule has 1 amide bonds. The highest BCUT2D eigenvalue weighted by atomic mass is 35.5. The summed E-state index contributed by atoms with van der Waals surface area (Å²) in [4.78, 5) is 16.9. The molecule has 1 aliphatic carbocycles. The van der Waals surface area contributed by atoms with Gasteiger partial charge in [-0.05, 0) is 62.3 Å². The highest BCUT2D eigenvalue weighted by Gasteiger charge is 2.53. The topological polar surface area (TPSA) is 115 Å². The Morgan fingerprint density at radius 3 is 2.32 bits per heavy atom. The lowest BCUT2D eigenvalue weighted by Gasteiger charge is -2.37. The van der Waals surface area contributed by atoms with E-state index in [1.807, 2.05) is 0 Å². The number of carbonyl (C=O) groups is 1. The number of nitrogens with one attached hydrogen (secondary N) is 1. The van der Waals surface area contributed by atoms with Crippen LogP contribution in [0.15, 0.2) is 47.5 Å². The van der Waals surface area contributed by atoms with Gasteiger partial charge in [-0.3, -0.25) is 15.0 Å². The summed E-state index contributed by atoms with van der Waals surface area (Å²) in [5, 5.41) is 9.33. The van der Waals surface area contributed by atoms with E-state index >= 15 is 0 Å². The summed E-state index contributed by atoms with van der Waals surface area (Å²) in [6.07, 6.45) is -2.92. The molecular weight excluding hydrogens is 549 g/mol. The van der Waals surface area contributed by atoms with Crippen LogP contribution in [0.1, 0.15) is 44.1 Å². The molecule has 3 rings (SSSR count). The molecule has 2 aromatic rings. The van der Waals surface area contributed by atoms with Crippen LogP contribution in [-0.4, -0.2) is 61.9 Å². The Balaban J connectivity index is 0.00000507. The number of hydrogen-bond donors (Lipinski definition) is 2. The summed E-state index contributed by atoms with van der Waals surface area (Å²) in [6.45, 7) is 0.760. The van der Waals surface area contributed by atoms with Gasteiger partial charge in [-0.1, -0.05) is 18.2 Å². The van der Waals surface area contributed by atoms with Gasteiger partial charge in [0.25, 0.3) is 5.91 Å². The molecule has 1 aliphatic rings. The van der Waals surface area contributed by atoms with Crippen molar-refractivity contribution in [2.75, 3.05) is 20.3 Å². The van der Waals surface area contributed by atoms with Gasteiger partial charge in [0.05, 0.1) is 29.9 Å². The van der Waals surface area contributed by atoms with Crippen molar-refractivity contribution in [1.29, 1.82) is 0 Å². The third kappa shape index (κ3) is 7.66. The van der Waals surface area contributed by atoms with E-state index < -0.39 is 33.1 Å². The lowest BCUT2D eigenvalue weighted by atomic mass is 9.86. The van der Waals surface area contributed by atoms with Crippen LogP contribution in [0.5, 0.6) is 0 Å². The fourth-order valence-electron chi connectivity index (χ4n) is 4.51. The van der Waals surface area contributed by atoms with E-state index in [2.05, 4.69) is 4.98 Å². The van der Waals surface area contributed by atoms with E-state index in [-0.39, 0.29) is 49.1 Å². The zero-order valence-electron chi connectivity index (χ0n) is 20.9. The number of hydroxylamine groups is 1. The Kier molecular flexibility index (Phi) is 11.5. The number of hydrogen-bond acceptors (Lipinski definition) is 7. The molecule has 1 saturated carbocycles. The van der Waals surface area contributed by atoms with Crippen LogP contribution in [0.4, 0.5) is 13.2 Å². The second-order valence-corrected chi connectivity index (χ2v) is 11.3. The minimum Gasteiger partial charge on any atom is -0.382 e. The molecule has 38 heavy (non-hydrogen) atoms. The number of methoxy groups -OCH3 is 1. The summed E-state index contributed by atoms with van der Waals surface area (Å²) in [6, 6.07) is 9.24. The summed E-state index contributed by atoms with van der Waals surface area (Å²) in [7, 11) is -2.63. The average Bonchev–Trinajstić information content (AvgIpc) is 2.88. The first kappa shape index (κ1) is 32.0. The van der Waals surface area contributed by atoms with Crippen molar-refractivity contribution in [3.63, 3.8) is 0 Å². The Morgan fingerprint density at radius 1 is 1.13 bits per heavy atom. The Hall–Kier alpha value is -2.25. The number of amides is 1. The van der Waals surface area contributed by atoms with Crippen molar-refractivity contribution in [1.82, 2.24) is 10.5 Å². The maximum atomic E-state index is 13.6. The number of nitrogens with zero attached hydrogens (tertiary/aromatic N) is 1. The summed E-state index contributed by atoms with van der Waals surface area (Å²) in [5.74, 6) is -0.977. The molecule has 1 aromatic heterocycles. The molecule has 13 heteroatoms. The first-order valence-corrected chi connectivity index (χ1v) is 13.4. The van der Waals surface area contributed by atoms with Crippen molar-refractivity contribution < 1.29 is 41.1 Å². The molecule has 1 aromatic carbocycles. The van der Waals surface area contributed by atoms with Crippen molar-refractivity contribution in [3.05, 3.63) is 48.2 Å². The molecule has 212 valence electrons. The Morgan fingerprint density at radius 2 is 1.79 bits per heavy atom. The van der Waals surface area contributed by atoms with E-state index in [0.29, 0.717) is 42.9 Å². The van der Waals surface area contributed by atoms with Crippen molar-refractivity contribution in [2.24, 2.45) is 0 Å². The molecule has 0 atom stereocenters. The van der Waals surface area contributed by atoms with E-state index in [9.17, 15) is 31.6 Å². The van der Waals surface area contributed by atoms with Gasteiger partial charge >= 0.3 is 6.18 Å². The van der Waals surface area contributed by atoms with Gasteiger partial charge in [-0.15, -0.1) is 12.4 Å². The first-order chi connectivity index (χ1) is 17.5. The number of sulfone groups is 1. The third-order valence-electron chi connectivity index (χ3n) is 6.62. The van der Waals surface area contributed by atoms with E-state index in [0.717, 1.165) is 0 Å². The number of aromatic nitrogens is 1. The number of carbonyl (C=O) groups excluding carboxylic acids is 1. The molecule has 0 radical (unpaired) electrons. The fraction of sp³-hybridized carbons (Fsp3) is 0.520. The van der Waals surface area contributed by atoms with Crippen LogP contribution in [0.2, 0.25) is 0 Å². The predicted octanol–water partition coefficient (Wildman–Crippen LogP) is 4.68. The first-order valence-electron chi connectivity index (χ1n) is 11.9. The van der Waals surface area contributed by atoms with E-state index in [1.54, 1.807) is 31.4 Å². The second kappa shape index (κ2) is 13.7. The maximum Gasteiger partial charge on any atom is 0.389 e. The predicted molar refractivity (Wildman–Crippen MR) is 136 cm³/mol. The highest BCUT2D eigenvalue weighted by Crippen LogP contribution is 2.40. The normalized spacial score (nSPS) is 20.0. The second-order valence-electron chi connectivity index (χ2n) is 9.05. The highest BCUT2D eigenvalue weighted by molar-refractivity contribution is 7.93. The van der Waals surface area contributed by atoms with Crippen LogP contribution in [-0.2, 0) is 30.5 Å². The standard InChI is InChI=1S/C25H31F3N2O6S.ClH/c1-35-15-16-36-20-10-13-24(14-11-20,23(31)30-32)37(33,34)21-7-5-19(6-8-21)22-9-4-18(17-29-22)3-2-12-25(26,27)28;/h4-9,17,20,32H,2-3,10-16H2,1H3,(H,30,31);1H. The van der Waals surface area contributed by atoms with Crippen molar-refractivity contribution in [3.8, 4) is 11.3 Å². The molecule has 0 saturated heterocycles. The van der Waals surface area contributed by atoms with Crippen LogP contribution in [0, 0.1) is 0 Å². The minimum atomic E-state index is -4.19. The molecule has 0 aliphatic heterocycles. The van der Waals surface area contributed by atoms with Gasteiger partial charge < -0.3 is 9.47 Å². The molecule has 0 bridgehead atoms. The smallest absolute Gasteiger partial charge is 0.382 e. The number of halogens is 4. The summed E-state index contributed by atoms with van der Waals surface area (Å²) >= 11 is 0. The van der Waals surface area contributed by atoms with Crippen LogP contribution in [0.25, 0.3) is 11.3 Å². The van der Waals surface area contributed by atoms with Crippen LogP contribution < -0.4 is 5.48 Å². The number of pyridine rings is 1. The van der Waals surface area contributed by atoms with E-state index in [1.165, 1.54) is 23.8 Å². The van der Waals surface area contributed by atoms with E-state index in [4.69, 9.17) is 9.47 Å². The lowest BCUT2D eigenvalue weighted by molar-refractivity contribution is -0.135. The van der Waals surface area contributed by atoms with Crippen molar-refractivity contribution >= 4 is 28.2 Å². The molecule has 1 fully saturated rings. The van der Waals surface area contributed by atoms with Gasteiger partial charge in [0.15, 0.2) is 14.6 Å². The van der Waals surface area contributed by atoms with Gasteiger partial charge in [0.1, 0.15) is 0 Å². The Labute approximate surface area is 226 Å². The largest absolute Gasteiger partial charge is 0.389 e. The minimum absolute atomic E-state index is 0. The Bertz CT molecular complexity index is 1140. The van der Waals surface area contributed by atoms with Crippen molar-refractivity contribution in [2.45, 2.75) is 66.9 Å². The number of aryl methyl sites for hydroxylation is 1. The van der Waals surface area contributed by atoms with Gasteiger partial charge in [-0.2, -0.15) is 13.2 Å². The van der Waals surface area contributed by atoms with Crippen LogP contribution >= 0.6 is 12.4 Å². The third-order valence-corrected chi connectivity index (χ3v) is 9.14. The molecular formula is C25H32ClF3N2O6S. The van der Waals surface area contributed by atoms with Crippen LogP contribution in [0.3, 0.4) is 0 Å². The quantitative estimate of drug-likeness (QED) is 0.225. The summed E-state index contributed by atoms with van der Waals surface area (Å²) < 4.78 is 73.1. The zero-order valence-corrected chi connectivity index (χ0v) is 22.5. The number of ether oxygens (including phenoxy) is 2. The fourth-order valence-corrected chi connectivity index (χ4v) is 6.52. The molecule has 0 spiro atoms. The summed E-state index contributed by atoms with van der Waals surface area (Å²) in [5.41, 5.74) is 3.34. The number of benzene rings is 1. The average molecular weight is 581 g/mol. The number of alkyl halides is 3.